The summed E-state index contributed by atoms with van der Waals surface area (Å²) in [4.78, 5) is 25.2. The average Bonchev–Trinajstić information content (AvgIpc) is 3.26. The number of aryl methyl sites for hydroxylation is 2. The maximum atomic E-state index is 13.7. The molecule has 150 valence electrons. The van der Waals surface area contributed by atoms with Gasteiger partial charge in [0.2, 0.25) is 0 Å². The Morgan fingerprint density at radius 2 is 1.77 bits per heavy atom. The Labute approximate surface area is 172 Å². The van der Waals surface area contributed by atoms with Gasteiger partial charge in [0.25, 0.3) is 5.91 Å². The summed E-state index contributed by atoms with van der Waals surface area (Å²) in [5, 5.41) is 5.99. The highest BCUT2D eigenvalue weighted by Gasteiger charge is 2.09. The fraction of sp³-hybridized carbons (Fsp3) is 0.0909. The molecule has 4 aromatic rings. The molecular weight excluding hydrogens is 383 g/mol. The van der Waals surface area contributed by atoms with Gasteiger partial charge in [-0.15, -0.1) is 0 Å². The van der Waals surface area contributed by atoms with E-state index in [1.54, 1.807) is 48.3 Å². The van der Waals surface area contributed by atoms with Gasteiger partial charge in [-0.05, 0) is 55.8 Å². The zero-order valence-corrected chi connectivity index (χ0v) is 16.4. The first-order chi connectivity index (χ1) is 14.5. The number of nitrogens with one attached hydrogen (secondary N) is 2. The van der Waals surface area contributed by atoms with E-state index in [1.165, 1.54) is 6.07 Å². The SMILES string of the molecule is Cc1nc(Nc2ccc(NC(=O)c3ccc(C)c(F)c3)cc2)cc(-n2ccnc2)n1. The number of anilines is 3. The van der Waals surface area contributed by atoms with Gasteiger partial charge in [0.15, 0.2) is 0 Å². The van der Waals surface area contributed by atoms with Crippen LogP contribution in [0.5, 0.6) is 0 Å². The molecule has 0 saturated heterocycles. The Morgan fingerprint density at radius 1 is 1.00 bits per heavy atom. The predicted octanol–water partition coefficient (Wildman–Crippen LogP) is 4.41. The summed E-state index contributed by atoms with van der Waals surface area (Å²) in [5.41, 5.74) is 2.16. The average molecular weight is 402 g/mol. The summed E-state index contributed by atoms with van der Waals surface area (Å²) < 4.78 is 15.5. The van der Waals surface area contributed by atoms with E-state index in [-0.39, 0.29) is 11.5 Å². The number of carbonyl (C=O) groups is 1. The monoisotopic (exact) mass is 402 g/mol. The number of amides is 1. The molecule has 2 N–H and O–H groups in total. The molecule has 7 nitrogen and oxygen atoms in total. The van der Waals surface area contributed by atoms with Crippen LogP contribution < -0.4 is 10.6 Å². The number of hydrogen-bond acceptors (Lipinski definition) is 5. The van der Waals surface area contributed by atoms with Gasteiger partial charge in [-0.1, -0.05) is 6.07 Å². The molecule has 2 aromatic heterocycles. The molecule has 0 aliphatic heterocycles. The Balaban J connectivity index is 1.46. The third-order valence-corrected chi connectivity index (χ3v) is 4.44. The van der Waals surface area contributed by atoms with Crippen molar-refractivity contribution in [3.8, 4) is 5.82 Å². The van der Waals surface area contributed by atoms with E-state index < -0.39 is 5.82 Å². The first kappa shape index (κ1) is 19.3. The Bertz CT molecular complexity index is 1190. The fourth-order valence-corrected chi connectivity index (χ4v) is 2.87. The van der Waals surface area contributed by atoms with Gasteiger partial charge < -0.3 is 10.6 Å². The second kappa shape index (κ2) is 8.12. The van der Waals surface area contributed by atoms with Gasteiger partial charge in [-0.3, -0.25) is 9.36 Å². The topological polar surface area (TPSA) is 84.7 Å². The van der Waals surface area contributed by atoms with Crippen LogP contribution in [-0.4, -0.2) is 25.4 Å². The number of imidazole rings is 1. The van der Waals surface area contributed by atoms with E-state index in [2.05, 4.69) is 25.6 Å². The third-order valence-electron chi connectivity index (χ3n) is 4.44. The van der Waals surface area contributed by atoms with Crippen molar-refractivity contribution in [2.75, 3.05) is 10.6 Å². The first-order valence-corrected chi connectivity index (χ1v) is 9.26. The molecule has 0 aliphatic carbocycles. The van der Waals surface area contributed by atoms with E-state index in [0.29, 0.717) is 28.7 Å². The van der Waals surface area contributed by atoms with Gasteiger partial charge in [0, 0.05) is 35.4 Å². The summed E-state index contributed by atoms with van der Waals surface area (Å²) in [6, 6.07) is 13.4. The fourth-order valence-electron chi connectivity index (χ4n) is 2.87. The van der Waals surface area contributed by atoms with E-state index in [0.717, 1.165) is 5.69 Å². The number of aromatic nitrogens is 4. The molecule has 30 heavy (non-hydrogen) atoms. The highest BCUT2D eigenvalue weighted by atomic mass is 19.1. The minimum Gasteiger partial charge on any atom is -0.340 e. The van der Waals surface area contributed by atoms with Crippen molar-refractivity contribution in [2.45, 2.75) is 13.8 Å². The molecular formula is C22H19FN6O. The maximum absolute atomic E-state index is 13.7. The second-order valence-corrected chi connectivity index (χ2v) is 6.75. The van der Waals surface area contributed by atoms with Crippen LogP contribution in [0.1, 0.15) is 21.7 Å². The number of carbonyl (C=O) groups excluding carboxylic acids is 1. The minimum atomic E-state index is -0.405. The number of halogens is 1. The van der Waals surface area contributed by atoms with Gasteiger partial charge in [0.05, 0.1) is 0 Å². The number of hydrogen-bond donors (Lipinski definition) is 2. The predicted molar refractivity (Wildman–Crippen MR) is 113 cm³/mol. The largest absolute Gasteiger partial charge is 0.340 e. The van der Waals surface area contributed by atoms with Gasteiger partial charge in [-0.25, -0.2) is 19.3 Å². The highest BCUT2D eigenvalue weighted by Crippen LogP contribution is 2.20. The molecule has 0 bridgehead atoms. The van der Waals surface area contributed by atoms with Crippen molar-refractivity contribution in [3.05, 3.63) is 90.0 Å². The third kappa shape index (κ3) is 4.33. The van der Waals surface area contributed by atoms with Crippen LogP contribution in [0.4, 0.5) is 21.6 Å². The Morgan fingerprint density at radius 3 is 2.47 bits per heavy atom. The molecule has 2 heterocycles. The molecule has 0 aliphatic rings. The zero-order valence-electron chi connectivity index (χ0n) is 16.4. The molecule has 1 amide bonds. The van der Waals surface area contributed by atoms with Crippen LogP contribution in [0, 0.1) is 19.7 Å². The normalized spacial score (nSPS) is 10.6. The molecule has 0 fully saturated rings. The van der Waals surface area contributed by atoms with Crippen molar-refractivity contribution in [1.29, 1.82) is 0 Å². The summed E-state index contributed by atoms with van der Waals surface area (Å²) in [6.07, 6.45) is 5.16. The van der Waals surface area contributed by atoms with E-state index >= 15 is 0 Å². The molecule has 2 aromatic carbocycles. The van der Waals surface area contributed by atoms with E-state index in [4.69, 9.17) is 0 Å². The van der Waals surface area contributed by atoms with Crippen LogP contribution >= 0.6 is 0 Å². The van der Waals surface area contributed by atoms with Crippen LogP contribution in [0.25, 0.3) is 5.82 Å². The van der Waals surface area contributed by atoms with Crippen LogP contribution in [0.3, 0.4) is 0 Å². The van der Waals surface area contributed by atoms with E-state index in [1.807, 2.05) is 31.3 Å². The van der Waals surface area contributed by atoms with Crippen molar-refractivity contribution in [3.63, 3.8) is 0 Å². The van der Waals surface area contributed by atoms with Gasteiger partial charge >= 0.3 is 0 Å². The molecule has 0 radical (unpaired) electrons. The number of rotatable bonds is 5. The zero-order chi connectivity index (χ0) is 21.1. The smallest absolute Gasteiger partial charge is 0.255 e. The lowest BCUT2D eigenvalue weighted by atomic mass is 10.1. The molecule has 0 unspecified atom stereocenters. The first-order valence-electron chi connectivity index (χ1n) is 9.26. The number of nitrogens with zero attached hydrogens (tertiary/aromatic N) is 4. The maximum Gasteiger partial charge on any atom is 0.255 e. The summed E-state index contributed by atoms with van der Waals surface area (Å²) in [5.74, 6) is 1.19. The highest BCUT2D eigenvalue weighted by molar-refractivity contribution is 6.04. The van der Waals surface area contributed by atoms with Crippen molar-refractivity contribution >= 4 is 23.1 Å². The van der Waals surface area contributed by atoms with Gasteiger partial charge in [0.1, 0.15) is 29.6 Å². The summed E-state index contributed by atoms with van der Waals surface area (Å²) >= 11 is 0. The molecule has 4 rings (SSSR count). The number of benzene rings is 2. The van der Waals surface area contributed by atoms with Crippen LogP contribution in [0.2, 0.25) is 0 Å². The van der Waals surface area contributed by atoms with Crippen LogP contribution in [0.15, 0.2) is 67.3 Å². The molecule has 0 spiro atoms. The summed E-state index contributed by atoms with van der Waals surface area (Å²) in [6.45, 7) is 3.47. The van der Waals surface area contributed by atoms with Crippen LogP contribution in [-0.2, 0) is 0 Å². The minimum absolute atomic E-state index is 0.267. The summed E-state index contributed by atoms with van der Waals surface area (Å²) in [7, 11) is 0. The Hall–Kier alpha value is -4.07. The quantitative estimate of drug-likeness (QED) is 0.516. The van der Waals surface area contributed by atoms with Crippen molar-refractivity contribution in [2.24, 2.45) is 0 Å². The lowest BCUT2D eigenvalue weighted by Crippen LogP contribution is -2.12. The van der Waals surface area contributed by atoms with E-state index in [9.17, 15) is 9.18 Å². The van der Waals surface area contributed by atoms with Crippen molar-refractivity contribution in [1.82, 2.24) is 19.5 Å². The molecule has 0 saturated carbocycles. The second-order valence-electron chi connectivity index (χ2n) is 6.75. The lowest BCUT2D eigenvalue weighted by Gasteiger charge is -2.10. The van der Waals surface area contributed by atoms with Crippen molar-refractivity contribution < 1.29 is 9.18 Å². The molecule has 0 atom stereocenters. The standard InChI is InChI=1S/C22H19FN6O/c1-14-3-4-16(11-19(14)23)22(30)28-18-7-5-17(6-8-18)27-20-12-21(26-15(2)25-20)29-10-9-24-13-29/h3-13H,1-2H3,(H,28,30)(H,25,26,27). The lowest BCUT2D eigenvalue weighted by molar-refractivity contribution is 0.102. The molecule has 8 heteroatoms. The Kier molecular flexibility index (Phi) is 5.21. The van der Waals surface area contributed by atoms with Gasteiger partial charge in [-0.2, -0.15) is 0 Å².